The number of nitrogens with zero attached hydrogens (tertiary/aromatic N) is 2. The first kappa shape index (κ1) is 19.7. The number of benzene rings is 2. The van der Waals surface area contributed by atoms with Gasteiger partial charge in [0.2, 0.25) is 5.91 Å². The lowest BCUT2D eigenvalue weighted by molar-refractivity contribution is -0.123. The quantitative estimate of drug-likeness (QED) is 0.645. The van der Waals surface area contributed by atoms with Crippen LogP contribution in [0.3, 0.4) is 0 Å². The van der Waals surface area contributed by atoms with E-state index in [0.717, 1.165) is 16.9 Å². The van der Waals surface area contributed by atoms with Crippen LogP contribution in [0.4, 0.5) is 11.5 Å². The van der Waals surface area contributed by atoms with Crippen LogP contribution in [-0.2, 0) is 9.59 Å². The minimum absolute atomic E-state index is 0.00843. The molecule has 1 aliphatic rings. The van der Waals surface area contributed by atoms with Gasteiger partial charge in [0.1, 0.15) is 17.6 Å². The van der Waals surface area contributed by atoms with Gasteiger partial charge in [-0.25, -0.2) is 4.68 Å². The van der Waals surface area contributed by atoms with E-state index in [1.165, 1.54) is 5.56 Å². The van der Waals surface area contributed by atoms with Gasteiger partial charge in [-0.3, -0.25) is 9.59 Å². The van der Waals surface area contributed by atoms with Crippen molar-refractivity contribution in [1.29, 1.82) is 0 Å². The summed E-state index contributed by atoms with van der Waals surface area (Å²) >= 11 is 0. The van der Waals surface area contributed by atoms with E-state index in [9.17, 15) is 9.59 Å². The SMILES string of the molecule is COc1ccc(-c2cnn3c2NC(=O)C3CC(=O)Nc2ccc(C(C)C)cc2)cc1. The van der Waals surface area contributed by atoms with E-state index in [1.807, 2.05) is 48.5 Å². The highest BCUT2D eigenvalue weighted by molar-refractivity contribution is 6.04. The van der Waals surface area contributed by atoms with Crippen molar-refractivity contribution in [3.8, 4) is 16.9 Å². The summed E-state index contributed by atoms with van der Waals surface area (Å²) in [7, 11) is 1.61. The second-order valence-electron chi connectivity index (χ2n) is 7.61. The van der Waals surface area contributed by atoms with Crippen LogP contribution < -0.4 is 15.4 Å². The molecule has 154 valence electrons. The van der Waals surface area contributed by atoms with Crippen molar-refractivity contribution in [2.75, 3.05) is 17.7 Å². The molecule has 0 radical (unpaired) electrons. The Bertz CT molecular complexity index is 1070. The molecule has 7 nitrogen and oxygen atoms in total. The van der Waals surface area contributed by atoms with Crippen molar-refractivity contribution in [3.05, 3.63) is 60.3 Å². The molecule has 4 rings (SSSR count). The monoisotopic (exact) mass is 404 g/mol. The van der Waals surface area contributed by atoms with E-state index in [1.54, 1.807) is 18.0 Å². The van der Waals surface area contributed by atoms with Crippen LogP contribution in [-0.4, -0.2) is 28.7 Å². The number of carbonyl (C=O) groups is 2. The molecule has 1 aliphatic heterocycles. The van der Waals surface area contributed by atoms with Crippen molar-refractivity contribution in [2.24, 2.45) is 0 Å². The third kappa shape index (κ3) is 3.78. The molecular formula is C23H24N4O3. The Morgan fingerprint density at radius 3 is 2.50 bits per heavy atom. The highest BCUT2D eigenvalue weighted by Crippen LogP contribution is 2.36. The van der Waals surface area contributed by atoms with Crippen molar-refractivity contribution >= 4 is 23.3 Å². The molecule has 3 aromatic rings. The van der Waals surface area contributed by atoms with Crippen molar-refractivity contribution in [2.45, 2.75) is 32.2 Å². The molecule has 0 saturated heterocycles. The van der Waals surface area contributed by atoms with Gasteiger partial charge in [0.05, 0.1) is 19.7 Å². The van der Waals surface area contributed by atoms with Crippen LogP contribution in [0.2, 0.25) is 0 Å². The number of methoxy groups -OCH3 is 1. The predicted octanol–water partition coefficient (Wildman–Crippen LogP) is 4.20. The number of ether oxygens (including phenoxy) is 1. The maximum absolute atomic E-state index is 12.5. The molecule has 0 fully saturated rings. The Kier molecular flexibility index (Phi) is 5.27. The maximum Gasteiger partial charge on any atom is 0.251 e. The average Bonchev–Trinajstić information content (AvgIpc) is 3.28. The fraction of sp³-hybridized carbons (Fsp3) is 0.261. The Morgan fingerprint density at radius 2 is 1.87 bits per heavy atom. The zero-order valence-electron chi connectivity index (χ0n) is 17.2. The third-order valence-electron chi connectivity index (χ3n) is 5.28. The van der Waals surface area contributed by atoms with Gasteiger partial charge < -0.3 is 15.4 Å². The van der Waals surface area contributed by atoms with E-state index >= 15 is 0 Å². The number of carbonyl (C=O) groups excluding carboxylic acids is 2. The molecule has 0 bridgehead atoms. The van der Waals surface area contributed by atoms with Crippen LogP contribution in [0.1, 0.15) is 37.8 Å². The number of hydrogen-bond donors (Lipinski definition) is 2. The van der Waals surface area contributed by atoms with Gasteiger partial charge in [-0.2, -0.15) is 5.10 Å². The smallest absolute Gasteiger partial charge is 0.251 e. The van der Waals surface area contributed by atoms with Gasteiger partial charge in [0.25, 0.3) is 5.91 Å². The van der Waals surface area contributed by atoms with Gasteiger partial charge in [-0.1, -0.05) is 38.1 Å². The molecule has 2 N–H and O–H groups in total. The summed E-state index contributed by atoms with van der Waals surface area (Å²) in [6.45, 7) is 4.24. The van der Waals surface area contributed by atoms with Crippen molar-refractivity contribution < 1.29 is 14.3 Å². The number of amides is 2. The number of rotatable bonds is 6. The summed E-state index contributed by atoms with van der Waals surface area (Å²) in [5.74, 6) is 1.31. The number of fused-ring (bicyclic) bond motifs is 1. The second kappa shape index (κ2) is 8.02. The van der Waals surface area contributed by atoms with E-state index in [0.29, 0.717) is 17.4 Å². The summed E-state index contributed by atoms with van der Waals surface area (Å²) in [5.41, 5.74) is 3.63. The summed E-state index contributed by atoms with van der Waals surface area (Å²) in [5, 5.41) is 10.1. The predicted molar refractivity (Wildman–Crippen MR) is 116 cm³/mol. The van der Waals surface area contributed by atoms with E-state index in [4.69, 9.17) is 4.74 Å². The normalized spacial score (nSPS) is 15.1. The van der Waals surface area contributed by atoms with Crippen LogP contribution in [0.25, 0.3) is 11.1 Å². The van der Waals surface area contributed by atoms with Crippen molar-refractivity contribution in [1.82, 2.24) is 9.78 Å². The molecule has 2 aromatic carbocycles. The highest BCUT2D eigenvalue weighted by Gasteiger charge is 2.35. The summed E-state index contributed by atoms with van der Waals surface area (Å²) < 4.78 is 6.78. The van der Waals surface area contributed by atoms with Crippen LogP contribution in [0, 0.1) is 0 Å². The molecule has 7 heteroatoms. The number of nitrogens with one attached hydrogen (secondary N) is 2. The first-order chi connectivity index (χ1) is 14.5. The van der Waals surface area contributed by atoms with E-state index in [2.05, 4.69) is 29.6 Å². The third-order valence-corrected chi connectivity index (χ3v) is 5.28. The molecule has 1 unspecified atom stereocenters. The highest BCUT2D eigenvalue weighted by atomic mass is 16.5. The van der Waals surface area contributed by atoms with Crippen LogP contribution in [0.15, 0.2) is 54.7 Å². The Hall–Kier alpha value is -3.61. The molecular weight excluding hydrogens is 380 g/mol. The number of anilines is 2. The average molecular weight is 404 g/mol. The van der Waals surface area contributed by atoms with Gasteiger partial charge in [-0.15, -0.1) is 0 Å². The Labute approximate surface area is 175 Å². The lowest BCUT2D eigenvalue weighted by atomic mass is 10.0. The molecule has 1 atom stereocenters. The summed E-state index contributed by atoms with van der Waals surface area (Å²) in [6, 6.07) is 14.6. The lowest BCUT2D eigenvalue weighted by Crippen LogP contribution is -2.23. The minimum Gasteiger partial charge on any atom is -0.497 e. The topological polar surface area (TPSA) is 85.2 Å². The van der Waals surface area contributed by atoms with Crippen LogP contribution >= 0.6 is 0 Å². The fourth-order valence-electron chi connectivity index (χ4n) is 3.53. The molecule has 0 saturated carbocycles. The first-order valence-electron chi connectivity index (χ1n) is 9.89. The van der Waals surface area contributed by atoms with Crippen LogP contribution in [0.5, 0.6) is 5.75 Å². The van der Waals surface area contributed by atoms with Gasteiger partial charge in [0.15, 0.2) is 0 Å². The summed E-state index contributed by atoms with van der Waals surface area (Å²) in [4.78, 5) is 25.1. The van der Waals surface area contributed by atoms with Crippen molar-refractivity contribution in [3.63, 3.8) is 0 Å². The lowest BCUT2D eigenvalue weighted by Gasteiger charge is -2.11. The van der Waals surface area contributed by atoms with Gasteiger partial charge in [-0.05, 0) is 41.3 Å². The largest absolute Gasteiger partial charge is 0.497 e. The zero-order valence-corrected chi connectivity index (χ0v) is 17.2. The Morgan fingerprint density at radius 1 is 1.17 bits per heavy atom. The second-order valence-corrected chi connectivity index (χ2v) is 7.61. The maximum atomic E-state index is 12.5. The standard InChI is InChI=1S/C23H24N4O3/c1-14(2)15-4-8-17(9-5-15)25-21(28)12-20-23(29)26-22-19(13-24-27(20)22)16-6-10-18(30-3)11-7-16/h4-11,13-14,20H,12H2,1-3H3,(H,25,28)(H,26,29). The molecule has 30 heavy (non-hydrogen) atoms. The van der Waals surface area contributed by atoms with Gasteiger partial charge in [0, 0.05) is 11.3 Å². The van der Waals surface area contributed by atoms with Gasteiger partial charge >= 0.3 is 0 Å². The molecule has 2 amide bonds. The first-order valence-corrected chi connectivity index (χ1v) is 9.89. The van der Waals surface area contributed by atoms with E-state index in [-0.39, 0.29) is 18.2 Å². The number of aromatic nitrogens is 2. The van der Waals surface area contributed by atoms with E-state index < -0.39 is 6.04 Å². The molecule has 1 aromatic heterocycles. The fourth-order valence-corrected chi connectivity index (χ4v) is 3.53. The molecule has 2 heterocycles. The molecule has 0 aliphatic carbocycles. The zero-order chi connectivity index (χ0) is 21.3. The summed E-state index contributed by atoms with van der Waals surface area (Å²) in [6.07, 6.45) is 1.71. The minimum atomic E-state index is -0.679. The Balaban J connectivity index is 1.48. The number of hydrogen-bond acceptors (Lipinski definition) is 4. The molecule has 0 spiro atoms.